The summed E-state index contributed by atoms with van der Waals surface area (Å²) in [6.07, 6.45) is 0.739. The number of benzene rings is 1. The fourth-order valence-corrected chi connectivity index (χ4v) is 3.31. The number of nitrogens with one attached hydrogen (secondary N) is 1. The molecule has 1 aromatic heterocycles. The molecule has 1 unspecified atom stereocenters. The summed E-state index contributed by atoms with van der Waals surface area (Å²) < 4.78 is 5.27. The maximum absolute atomic E-state index is 12.9. The van der Waals surface area contributed by atoms with Gasteiger partial charge in [-0.2, -0.15) is 4.80 Å². The average Bonchev–Trinajstić information content (AvgIpc) is 3.17. The summed E-state index contributed by atoms with van der Waals surface area (Å²) in [5, 5.41) is 24.9. The highest BCUT2D eigenvalue weighted by molar-refractivity contribution is 5.82. The maximum atomic E-state index is 12.9. The van der Waals surface area contributed by atoms with Crippen molar-refractivity contribution in [1.82, 2.24) is 25.5 Å². The lowest BCUT2D eigenvalue weighted by atomic mass is 9.80. The van der Waals surface area contributed by atoms with Crippen molar-refractivity contribution in [3.8, 4) is 11.4 Å². The first-order chi connectivity index (χ1) is 13.4. The van der Waals surface area contributed by atoms with Crippen molar-refractivity contribution >= 4 is 11.9 Å². The van der Waals surface area contributed by atoms with Gasteiger partial charge in [-0.15, -0.1) is 10.2 Å². The number of carboxylic acid groups (broad SMARTS) is 1. The van der Waals surface area contributed by atoms with Crippen molar-refractivity contribution in [1.29, 1.82) is 0 Å². The molecule has 0 bridgehead atoms. The highest BCUT2D eigenvalue weighted by Crippen LogP contribution is 2.30. The van der Waals surface area contributed by atoms with Crippen LogP contribution in [-0.4, -0.2) is 56.9 Å². The van der Waals surface area contributed by atoms with Crippen LogP contribution in [0.5, 0.6) is 0 Å². The molecule has 9 heteroatoms. The van der Waals surface area contributed by atoms with Crippen LogP contribution in [0.1, 0.15) is 32.7 Å². The van der Waals surface area contributed by atoms with Gasteiger partial charge in [0.25, 0.3) is 0 Å². The largest absolute Gasteiger partial charge is 0.481 e. The van der Waals surface area contributed by atoms with Crippen LogP contribution in [0, 0.1) is 11.3 Å². The first-order valence-electron chi connectivity index (χ1n) is 9.37. The fourth-order valence-electron chi connectivity index (χ4n) is 3.31. The minimum Gasteiger partial charge on any atom is -0.481 e. The number of nitrogens with zero attached hydrogens (tertiary/aromatic N) is 4. The van der Waals surface area contributed by atoms with E-state index in [9.17, 15) is 14.7 Å². The Hall–Kier alpha value is -2.81. The summed E-state index contributed by atoms with van der Waals surface area (Å²) in [6.45, 7) is 4.57. The molecule has 1 atom stereocenters. The van der Waals surface area contributed by atoms with Crippen molar-refractivity contribution < 1.29 is 19.4 Å². The van der Waals surface area contributed by atoms with Crippen molar-refractivity contribution in [3.63, 3.8) is 0 Å². The second-order valence-corrected chi connectivity index (χ2v) is 7.40. The van der Waals surface area contributed by atoms with Crippen molar-refractivity contribution in [2.45, 2.75) is 32.7 Å². The summed E-state index contributed by atoms with van der Waals surface area (Å²) in [5.41, 5.74) is -0.191. The number of carbonyl (C=O) groups excluding carboxylic acids is 1. The van der Waals surface area contributed by atoms with Gasteiger partial charge in [-0.25, -0.2) is 0 Å². The smallest absolute Gasteiger partial charge is 0.311 e. The van der Waals surface area contributed by atoms with Gasteiger partial charge in [-0.3, -0.25) is 9.59 Å². The lowest BCUT2D eigenvalue weighted by molar-refractivity contribution is -0.154. The van der Waals surface area contributed by atoms with E-state index in [2.05, 4.69) is 20.7 Å². The van der Waals surface area contributed by atoms with Gasteiger partial charge in [-0.1, -0.05) is 44.2 Å². The van der Waals surface area contributed by atoms with E-state index in [-0.39, 0.29) is 18.4 Å². The average molecular weight is 387 g/mol. The number of carbonyl (C=O) groups is 2. The first kappa shape index (κ1) is 19.9. The molecule has 150 valence electrons. The van der Waals surface area contributed by atoms with Crippen LogP contribution in [-0.2, 0) is 14.3 Å². The molecule has 0 aliphatic carbocycles. The molecule has 2 aromatic rings. The Bertz CT molecular complexity index is 815. The van der Waals surface area contributed by atoms with Crippen LogP contribution in [0.3, 0.4) is 0 Å². The molecule has 0 saturated carbocycles. The third kappa shape index (κ3) is 4.19. The molecule has 1 fully saturated rings. The molecule has 1 amide bonds. The summed E-state index contributed by atoms with van der Waals surface area (Å²) in [7, 11) is 0. The van der Waals surface area contributed by atoms with Crippen LogP contribution in [0.25, 0.3) is 11.4 Å². The first-order valence-corrected chi connectivity index (χ1v) is 9.37. The van der Waals surface area contributed by atoms with E-state index in [0.717, 1.165) is 5.56 Å². The molecular weight excluding hydrogens is 362 g/mol. The Labute approximate surface area is 163 Å². The van der Waals surface area contributed by atoms with E-state index in [1.807, 2.05) is 44.2 Å². The van der Waals surface area contributed by atoms with E-state index in [1.165, 1.54) is 4.80 Å². The molecule has 1 aliphatic rings. The third-order valence-corrected chi connectivity index (χ3v) is 5.11. The van der Waals surface area contributed by atoms with Gasteiger partial charge in [0, 0.05) is 25.3 Å². The van der Waals surface area contributed by atoms with Crippen LogP contribution >= 0.6 is 0 Å². The number of rotatable bonds is 7. The van der Waals surface area contributed by atoms with Crippen molar-refractivity contribution in [2.75, 3.05) is 19.8 Å². The van der Waals surface area contributed by atoms with Gasteiger partial charge in [-0.05, 0) is 24.0 Å². The molecule has 2 N–H and O–H groups in total. The SMILES string of the molecule is CC(C)C(C(=O)NCC1(C(=O)O)CCOCC1)n1nnc(-c2ccccc2)n1. The summed E-state index contributed by atoms with van der Waals surface area (Å²) >= 11 is 0. The second-order valence-electron chi connectivity index (χ2n) is 7.40. The summed E-state index contributed by atoms with van der Waals surface area (Å²) in [4.78, 5) is 26.0. The van der Waals surface area contributed by atoms with Gasteiger partial charge < -0.3 is 15.2 Å². The maximum Gasteiger partial charge on any atom is 0.311 e. The molecule has 1 aromatic carbocycles. The van der Waals surface area contributed by atoms with Crippen molar-refractivity contribution in [2.24, 2.45) is 11.3 Å². The van der Waals surface area contributed by atoms with E-state index >= 15 is 0 Å². The Kier molecular flexibility index (Phi) is 6.03. The third-order valence-electron chi connectivity index (χ3n) is 5.11. The molecule has 28 heavy (non-hydrogen) atoms. The normalized spacial score (nSPS) is 17.2. The van der Waals surface area contributed by atoms with E-state index in [1.54, 1.807) is 0 Å². The highest BCUT2D eigenvalue weighted by atomic mass is 16.5. The topological polar surface area (TPSA) is 119 Å². The van der Waals surface area contributed by atoms with Crippen LogP contribution < -0.4 is 5.32 Å². The predicted octanol–water partition coefficient (Wildman–Crippen LogP) is 1.53. The number of amides is 1. The number of aromatic nitrogens is 4. The van der Waals surface area contributed by atoms with Gasteiger partial charge in [0.05, 0.1) is 5.41 Å². The highest BCUT2D eigenvalue weighted by Gasteiger charge is 2.41. The van der Waals surface area contributed by atoms with Gasteiger partial charge in [0.2, 0.25) is 11.7 Å². The fraction of sp³-hybridized carbons (Fsp3) is 0.526. The minimum atomic E-state index is -1.000. The summed E-state index contributed by atoms with van der Waals surface area (Å²) in [5.74, 6) is -0.902. The van der Waals surface area contributed by atoms with Crippen molar-refractivity contribution in [3.05, 3.63) is 30.3 Å². The van der Waals surface area contributed by atoms with Crippen LogP contribution in [0.15, 0.2) is 30.3 Å². The Morgan fingerprint density at radius 2 is 1.93 bits per heavy atom. The number of tetrazole rings is 1. The Morgan fingerprint density at radius 3 is 2.54 bits per heavy atom. The predicted molar refractivity (Wildman–Crippen MR) is 100 cm³/mol. The molecule has 1 aliphatic heterocycles. The standard InChI is InChI=1S/C19H25N5O4/c1-13(2)15(24-22-16(21-23-24)14-6-4-3-5-7-14)17(25)20-12-19(18(26)27)8-10-28-11-9-19/h3-7,13,15H,8-12H2,1-2H3,(H,20,25)(H,26,27). The molecule has 9 nitrogen and oxygen atoms in total. The molecule has 2 heterocycles. The Balaban J connectivity index is 1.74. The van der Waals surface area contributed by atoms with Crippen LogP contribution in [0.4, 0.5) is 0 Å². The number of ether oxygens (including phenoxy) is 1. The number of aliphatic carboxylic acids is 1. The van der Waals surface area contributed by atoms with Crippen LogP contribution in [0.2, 0.25) is 0 Å². The van der Waals surface area contributed by atoms with Gasteiger partial charge in [0.1, 0.15) is 0 Å². The zero-order valence-electron chi connectivity index (χ0n) is 16.0. The molecule has 0 spiro atoms. The minimum absolute atomic E-state index is 0.0496. The molecule has 0 radical (unpaired) electrons. The van der Waals surface area contributed by atoms with E-state index in [4.69, 9.17) is 4.74 Å². The zero-order valence-corrected chi connectivity index (χ0v) is 16.0. The lowest BCUT2D eigenvalue weighted by Crippen LogP contribution is -2.48. The van der Waals surface area contributed by atoms with E-state index in [0.29, 0.717) is 31.9 Å². The van der Waals surface area contributed by atoms with Gasteiger partial charge >= 0.3 is 5.97 Å². The zero-order chi connectivity index (χ0) is 20.1. The molecular formula is C19H25N5O4. The number of hydrogen-bond acceptors (Lipinski definition) is 6. The van der Waals surface area contributed by atoms with Gasteiger partial charge in [0.15, 0.2) is 6.04 Å². The molecule has 1 saturated heterocycles. The quantitative estimate of drug-likeness (QED) is 0.739. The monoisotopic (exact) mass is 387 g/mol. The second kappa shape index (κ2) is 8.47. The molecule has 3 rings (SSSR count). The van der Waals surface area contributed by atoms with E-state index < -0.39 is 17.4 Å². The Morgan fingerprint density at radius 1 is 1.25 bits per heavy atom. The lowest BCUT2D eigenvalue weighted by Gasteiger charge is -2.33. The number of hydrogen-bond donors (Lipinski definition) is 2. The number of carboxylic acids is 1. The summed E-state index contributed by atoms with van der Waals surface area (Å²) in [6, 6.07) is 8.70.